The zero-order valence-corrected chi connectivity index (χ0v) is 8.52. The normalized spacial score (nSPS) is 23.3. The summed E-state index contributed by atoms with van der Waals surface area (Å²) < 4.78 is 5.44. The minimum Gasteiger partial charge on any atom is -0.434 e. The van der Waals surface area contributed by atoms with Crippen molar-refractivity contribution in [1.29, 1.82) is 0 Å². The van der Waals surface area contributed by atoms with Crippen molar-refractivity contribution in [2.24, 2.45) is 0 Å². The van der Waals surface area contributed by atoms with Gasteiger partial charge < -0.3 is 9.73 Å². The Balaban J connectivity index is 2.25. The summed E-state index contributed by atoms with van der Waals surface area (Å²) in [6.45, 7) is 3.06. The van der Waals surface area contributed by atoms with Gasteiger partial charge >= 0.3 is 0 Å². The largest absolute Gasteiger partial charge is 0.434 e. The Labute approximate surface area is 79.7 Å². The van der Waals surface area contributed by atoms with E-state index in [9.17, 15) is 0 Å². The van der Waals surface area contributed by atoms with Crippen LogP contribution in [0, 0.1) is 6.92 Å². The lowest BCUT2D eigenvalue weighted by Crippen LogP contribution is -2.12. The SMILES string of the molecule is Cc1nc(Br)oc1C1CCCN1. The van der Waals surface area contributed by atoms with Crippen LogP contribution in [0.1, 0.15) is 30.3 Å². The molecule has 1 unspecified atom stereocenters. The van der Waals surface area contributed by atoms with Crippen LogP contribution in [0.25, 0.3) is 0 Å². The summed E-state index contributed by atoms with van der Waals surface area (Å²) in [6.07, 6.45) is 2.38. The van der Waals surface area contributed by atoms with Crippen LogP contribution in [0.5, 0.6) is 0 Å². The van der Waals surface area contributed by atoms with Crippen LogP contribution in [0.2, 0.25) is 0 Å². The van der Waals surface area contributed by atoms with Gasteiger partial charge in [-0.3, -0.25) is 0 Å². The van der Waals surface area contributed by atoms with E-state index in [1.807, 2.05) is 6.92 Å². The molecular weight excluding hydrogens is 220 g/mol. The number of halogens is 1. The first-order valence-electron chi connectivity index (χ1n) is 4.13. The minimum absolute atomic E-state index is 0.379. The van der Waals surface area contributed by atoms with Crippen molar-refractivity contribution >= 4 is 15.9 Å². The number of aromatic nitrogens is 1. The lowest BCUT2D eigenvalue weighted by molar-refractivity contribution is 0.425. The molecule has 0 aliphatic carbocycles. The number of nitrogens with one attached hydrogen (secondary N) is 1. The standard InChI is InChI=1S/C8H11BrN2O/c1-5-7(12-8(9)11-5)6-3-2-4-10-6/h6,10H,2-4H2,1H3. The molecule has 3 nitrogen and oxygen atoms in total. The number of rotatable bonds is 1. The molecule has 1 saturated heterocycles. The molecule has 0 aromatic carbocycles. The molecule has 1 fully saturated rings. The van der Waals surface area contributed by atoms with Crippen molar-refractivity contribution in [2.75, 3.05) is 6.54 Å². The van der Waals surface area contributed by atoms with Crippen LogP contribution in [0.15, 0.2) is 9.22 Å². The van der Waals surface area contributed by atoms with Crippen molar-refractivity contribution in [1.82, 2.24) is 10.3 Å². The zero-order chi connectivity index (χ0) is 8.55. The van der Waals surface area contributed by atoms with Crippen LogP contribution >= 0.6 is 15.9 Å². The summed E-state index contributed by atoms with van der Waals surface area (Å²) in [7, 11) is 0. The van der Waals surface area contributed by atoms with Gasteiger partial charge in [-0.1, -0.05) is 0 Å². The van der Waals surface area contributed by atoms with E-state index in [1.165, 1.54) is 6.42 Å². The second-order valence-corrected chi connectivity index (χ2v) is 3.74. The smallest absolute Gasteiger partial charge is 0.264 e. The van der Waals surface area contributed by atoms with Gasteiger partial charge in [0.05, 0.1) is 11.7 Å². The quantitative estimate of drug-likeness (QED) is 0.804. The van der Waals surface area contributed by atoms with Crippen LogP contribution in [-0.4, -0.2) is 11.5 Å². The van der Waals surface area contributed by atoms with Gasteiger partial charge in [0.2, 0.25) is 0 Å². The molecule has 1 aliphatic heterocycles. The highest BCUT2D eigenvalue weighted by molar-refractivity contribution is 9.10. The predicted molar refractivity (Wildman–Crippen MR) is 48.9 cm³/mol. The maximum absolute atomic E-state index is 5.44. The third kappa shape index (κ3) is 1.41. The monoisotopic (exact) mass is 230 g/mol. The van der Waals surface area contributed by atoms with Gasteiger partial charge in [0.15, 0.2) is 0 Å². The van der Waals surface area contributed by atoms with Gasteiger partial charge in [-0.15, -0.1) is 0 Å². The Hall–Kier alpha value is -0.350. The van der Waals surface area contributed by atoms with Gasteiger partial charge in [0.25, 0.3) is 4.80 Å². The number of hydrogen-bond donors (Lipinski definition) is 1. The van der Waals surface area contributed by atoms with E-state index in [1.54, 1.807) is 0 Å². The summed E-state index contributed by atoms with van der Waals surface area (Å²) in [4.78, 5) is 4.75. The average molecular weight is 231 g/mol. The molecule has 1 aromatic rings. The van der Waals surface area contributed by atoms with Crippen molar-refractivity contribution in [3.8, 4) is 0 Å². The second-order valence-electron chi connectivity index (χ2n) is 3.07. The van der Waals surface area contributed by atoms with E-state index < -0.39 is 0 Å². The zero-order valence-electron chi connectivity index (χ0n) is 6.93. The number of nitrogens with zero attached hydrogens (tertiary/aromatic N) is 1. The van der Waals surface area contributed by atoms with E-state index in [2.05, 4.69) is 26.2 Å². The van der Waals surface area contributed by atoms with Crippen molar-refractivity contribution in [3.05, 3.63) is 16.3 Å². The molecule has 0 spiro atoms. The fourth-order valence-electron chi connectivity index (χ4n) is 1.61. The van der Waals surface area contributed by atoms with E-state index in [-0.39, 0.29) is 0 Å². The molecule has 0 saturated carbocycles. The molecule has 1 atom stereocenters. The molecule has 12 heavy (non-hydrogen) atoms. The predicted octanol–water partition coefficient (Wildman–Crippen LogP) is 2.17. The maximum atomic E-state index is 5.44. The number of aryl methyl sites for hydroxylation is 1. The van der Waals surface area contributed by atoms with E-state index >= 15 is 0 Å². The van der Waals surface area contributed by atoms with Gasteiger partial charge in [-0.2, -0.15) is 0 Å². The lowest BCUT2D eigenvalue weighted by atomic mass is 10.1. The summed E-state index contributed by atoms with van der Waals surface area (Å²) in [6, 6.07) is 0.379. The highest BCUT2D eigenvalue weighted by Crippen LogP contribution is 2.27. The second kappa shape index (κ2) is 3.18. The third-order valence-electron chi connectivity index (χ3n) is 2.18. The topological polar surface area (TPSA) is 38.1 Å². The van der Waals surface area contributed by atoms with Gasteiger partial charge in [-0.25, -0.2) is 4.98 Å². The van der Waals surface area contributed by atoms with Crippen LogP contribution in [0.3, 0.4) is 0 Å². The van der Waals surface area contributed by atoms with Crippen molar-refractivity contribution < 1.29 is 4.42 Å². The Morgan fingerprint density at radius 3 is 3.00 bits per heavy atom. The lowest BCUT2D eigenvalue weighted by Gasteiger charge is -2.05. The van der Waals surface area contributed by atoms with Gasteiger partial charge in [-0.05, 0) is 26.3 Å². The molecule has 0 bridgehead atoms. The molecule has 1 aromatic heterocycles. The number of oxazole rings is 1. The number of hydrogen-bond acceptors (Lipinski definition) is 3. The molecule has 0 amide bonds. The van der Waals surface area contributed by atoms with Gasteiger partial charge in [0.1, 0.15) is 5.76 Å². The Morgan fingerprint density at radius 1 is 1.67 bits per heavy atom. The van der Waals surface area contributed by atoms with Gasteiger partial charge in [0, 0.05) is 15.9 Å². The molecule has 0 radical (unpaired) electrons. The summed E-state index contributed by atoms with van der Waals surface area (Å²) >= 11 is 3.22. The van der Waals surface area contributed by atoms with E-state index in [0.717, 1.165) is 24.4 Å². The molecule has 4 heteroatoms. The average Bonchev–Trinajstić information content (AvgIpc) is 2.58. The molecule has 2 rings (SSSR count). The fraction of sp³-hybridized carbons (Fsp3) is 0.625. The highest BCUT2D eigenvalue weighted by atomic mass is 79.9. The summed E-state index contributed by atoms with van der Waals surface area (Å²) in [5.74, 6) is 0.986. The minimum atomic E-state index is 0.379. The first kappa shape index (κ1) is 8.26. The maximum Gasteiger partial charge on any atom is 0.264 e. The Kier molecular flexibility index (Phi) is 2.19. The first-order chi connectivity index (χ1) is 5.77. The Morgan fingerprint density at radius 2 is 2.50 bits per heavy atom. The van der Waals surface area contributed by atoms with Crippen LogP contribution in [-0.2, 0) is 0 Å². The van der Waals surface area contributed by atoms with Crippen molar-refractivity contribution in [2.45, 2.75) is 25.8 Å². The van der Waals surface area contributed by atoms with Crippen molar-refractivity contribution in [3.63, 3.8) is 0 Å². The summed E-state index contributed by atoms with van der Waals surface area (Å²) in [5, 5.41) is 3.37. The molecule has 1 N–H and O–H groups in total. The molecule has 1 aliphatic rings. The van der Waals surface area contributed by atoms with E-state index in [0.29, 0.717) is 10.8 Å². The third-order valence-corrected chi connectivity index (χ3v) is 2.52. The highest BCUT2D eigenvalue weighted by Gasteiger charge is 2.22. The molecule has 66 valence electrons. The van der Waals surface area contributed by atoms with E-state index in [4.69, 9.17) is 4.42 Å². The Bertz CT molecular complexity index is 279. The molecule has 2 heterocycles. The first-order valence-corrected chi connectivity index (χ1v) is 4.93. The summed E-state index contributed by atoms with van der Waals surface area (Å²) in [5.41, 5.74) is 0.987. The van der Waals surface area contributed by atoms with Crippen LogP contribution < -0.4 is 5.32 Å². The fourth-order valence-corrected chi connectivity index (χ4v) is 2.05. The van der Waals surface area contributed by atoms with Crippen LogP contribution in [0.4, 0.5) is 0 Å². The molecular formula is C8H11BrN2O.